The number of fused-ring (bicyclic) bond motifs is 2. The number of para-hydroxylation sites is 4. The molecule has 5 heterocycles. The molecule has 9 nitrogen and oxygen atoms in total. The van der Waals surface area contributed by atoms with Crippen LogP contribution in [0.25, 0.3) is 90.4 Å². The van der Waals surface area contributed by atoms with E-state index in [1.54, 1.807) is 49.1 Å². The molecule has 0 unspecified atom stereocenters. The van der Waals surface area contributed by atoms with E-state index in [0.29, 0.717) is 45.8 Å². The molecule has 0 bridgehead atoms. The number of imidazole rings is 2. The third kappa shape index (κ3) is 5.93. The highest BCUT2D eigenvalue weighted by Gasteiger charge is 2.22. The first-order valence-corrected chi connectivity index (χ1v) is 17.8. The average molecular weight is 732 g/mol. The van der Waals surface area contributed by atoms with E-state index in [2.05, 4.69) is 25.2 Å². The lowest BCUT2D eigenvalue weighted by atomic mass is 10.0. The summed E-state index contributed by atoms with van der Waals surface area (Å²) in [6.45, 7) is 0. The highest BCUT2D eigenvalue weighted by atomic mass is 19.1. The van der Waals surface area contributed by atoms with Gasteiger partial charge in [0.15, 0.2) is 17.5 Å². The second kappa shape index (κ2) is 13.6. The molecule has 10 aromatic rings. The molecule has 0 radical (unpaired) electrons. The van der Waals surface area contributed by atoms with Gasteiger partial charge in [0, 0.05) is 40.2 Å². The smallest absolute Gasteiger partial charge is 0.164 e. The first kappa shape index (κ1) is 32.8. The van der Waals surface area contributed by atoms with Crippen LogP contribution in [0.4, 0.5) is 8.78 Å². The Morgan fingerprint density at radius 1 is 0.375 bits per heavy atom. The summed E-state index contributed by atoms with van der Waals surface area (Å²) in [4.78, 5) is 33.9. The van der Waals surface area contributed by atoms with E-state index in [9.17, 15) is 8.78 Å². The van der Waals surface area contributed by atoms with Gasteiger partial charge in [-0.2, -0.15) is 0 Å². The molecule has 0 aliphatic rings. The number of halogens is 2. The molecule has 10 rings (SSSR count). The lowest BCUT2D eigenvalue weighted by Gasteiger charge is -2.14. The van der Waals surface area contributed by atoms with E-state index in [4.69, 9.17) is 24.9 Å². The van der Waals surface area contributed by atoms with Crippen molar-refractivity contribution in [2.24, 2.45) is 0 Å². The van der Waals surface area contributed by atoms with E-state index < -0.39 is 0 Å². The van der Waals surface area contributed by atoms with Gasteiger partial charge in [0.05, 0.1) is 45.8 Å². The maximum absolute atomic E-state index is 14.1. The fraction of sp³-hybridized carbons (Fsp3) is 0. The van der Waals surface area contributed by atoms with E-state index in [1.807, 2.05) is 84.9 Å². The second-order valence-corrected chi connectivity index (χ2v) is 13.1. The molecule has 0 saturated carbocycles. The molecule has 0 N–H and O–H groups in total. The minimum absolute atomic E-state index is 0.325. The minimum atomic E-state index is -0.382. The van der Waals surface area contributed by atoms with Gasteiger partial charge in [-0.1, -0.05) is 24.3 Å². The first-order chi connectivity index (χ1) is 27.6. The Balaban J connectivity index is 1.28. The van der Waals surface area contributed by atoms with Gasteiger partial charge >= 0.3 is 0 Å². The van der Waals surface area contributed by atoms with Gasteiger partial charge in [0.2, 0.25) is 0 Å². The van der Waals surface area contributed by atoms with Crippen LogP contribution in [-0.4, -0.2) is 44.0 Å². The number of hydrogen-bond acceptors (Lipinski definition) is 7. The summed E-state index contributed by atoms with van der Waals surface area (Å²) in [5, 5.41) is 0. The molecule has 5 aromatic heterocycles. The third-order valence-electron chi connectivity index (χ3n) is 9.48. The van der Waals surface area contributed by atoms with E-state index in [-0.39, 0.29) is 11.6 Å². The summed E-state index contributed by atoms with van der Waals surface area (Å²) in [5.74, 6) is 1.56. The van der Waals surface area contributed by atoms with Crippen molar-refractivity contribution in [1.29, 1.82) is 0 Å². The topological polar surface area (TPSA) is 100 Å². The number of nitrogens with zero attached hydrogens (tertiary/aromatic N) is 9. The molecule has 0 atom stereocenters. The molecule has 56 heavy (non-hydrogen) atoms. The molecule has 0 fully saturated rings. The Morgan fingerprint density at radius 3 is 1.21 bits per heavy atom. The summed E-state index contributed by atoms with van der Waals surface area (Å²) in [6, 6.07) is 41.7. The number of rotatable bonds is 7. The van der Waals surface area contributed by atoms with Crippen molar-refractivity contribution in [3.8, 4) is 68.3 Å². The first-order valence-electron chi connectivity index (χ1n) is 17.8. The lowest BCUT2D eigenvalue weighted by molar-refractivity contribution is 0.627. The monoisotopic (exact) mass is 731 g/mol. The van der Waals surface area contributed by atoms with E-state index in [0.717, 1.165) is 44.6 Å². The Morgan fingerprint density at radius 2 is 0.786 bits per heavy atom. The van der Waals surface area contributed by atoms with Gasteiger partial charge in [0.1, 0.15) is 23.3 Å². The van der Waals surface area contributed by atoms with Crippen LogP contribution < -0.4 is 0 Å². The van der Waals surface area contributed by atoms with Crippen LogP contribution in [0.1, 0.15) is 0 Å². The van der Waals surface area contributed by atoms with Crippen LogP contribution in [0.2, 0.25) is 0 Å². The normalized spacial score (nSPS) is 11.4. The lowest BCUT2D eigenvalue weighted by Crippen LogP contribution is -2.03. The van der Waals surface area contributed by atoms with Crippen molar-refractivity contribution in [2.75, 3.05) is 0 Å². The van der Waals surface area contributed by atoms with Gasteiger partial charge < -0.3 is 0 Å². The van der Waals surface area contributed by atoms with Gasteiger partial charge in [-0.05, 0) is 115 Å². The van der Waals surface area contributed by atoms with Gasteiger partial charge in [-0.25, -0.2) is 33.7 Å². The number of aromatic nitrogens is 9. The number of pyridine rings is 2. The highest BCUT2D eigenvalue weighted by Crippen LogP contribution is 2.37. The fourth-order valence-electron chi connectivity index (χ4n) is 6.91. The SMILES string of the molecule is Fc1ccc(-c2nc(-c3ccc(F)cc3)nc(-c3cc(-c4nc5ccccc5n4-c4cccnc4)cc(-c4nc5ccccc5n4-c4cccnc4)c3)n2)cc1. The molecule has 11 heteroatoms. The Kier molecular flexibility index (Phi) is 7.95. The zero-order valence-corrected chi connectivity index (χ0v) is 29.4. The summed E-state index contributed by atoms with van der Waals surface area (Å²) in [6.07, 6.45) is 7.09. The summed E-state index contributed by atoms with van der Waals surface area (Å²) < 4.78 is 32.3. The molecule has 0 saturated heterocycles. The fourth-order valence-corrected chi connectivity index (χ4v) is 6.91. The van der Waals surface area contributed by atoms with Gasteiger partial charge in [-0.3, -0.25) is 19.1 Å². The zero-order chi connectivity index (χ0) is 37.6. The maximum atomic E-state index is 14.1. The highest BCUT2D eigenvalue weighted by molar-refractivity contribution is 5.88. The van der Waals surface area contributed by atoms with Crippen LogP contribution in [0.3, 0.4) is 0 Å². The van der Waals surface area contributed by atoms with Crippen LogP contribution in [0.15, 0.2) is 164 Å². The Bertz CT molecular complexity index is 2840. The largest absolute Gasteiger partial charge is 0.291 e. The maximum Gasteiger partial charge on any atom is 0.164 e. The minimum Gasteiger partial charge on any atom is -0.291 e. The van der Waals surface area contributed by atoms with Gasteiger partial charge in [0.25, 0.3) is 0 Å². The predicted octanol–water partition coefficient (Wildman–Crippen LogP) is 9.95. The number of hydrogen-bond donors (Lipinski definition) is 0. The zero-order valence-electron chi connectivity index (χ0n) is 29.4. The van der Waals surface area contributed by atoms with Crippen LogP contribution in [0.5, 0.6) is 0 Å². The standard InChI is InChI=1S/C45H27F2N9/c46-33-17-13-28(14-18-33)41-52-42(29-15-19-34(47)20-16-29)54-43(53-41)30-23-31(44-50-37-9-1-3-11-39(37)55(44)35-7-5-21-48-26-35)25-32(24-30)45-51-38-10-2-4-12-40(38)56(45)36-8-6-22-49-27-36/h1-27H. The Hall–Kier alpha value is -7.79. The van der Waals surface area contributed by atoms with Crippen molar-refractivity contribution in [2.45, 2.75) is 0 Å². The van der Waals surface area contributed by atoms with Crippen molar-refractivity contribution in [3.63, 3.8) is 0 Å². The molecule has 0 amide bonds. The van der Waals surface area contributed by atoms with Crippen molar-refractivity contribution >= 4 is 22.1 Å². The summed E-state index contributed by atoms with van der Waals surface area (Å²) in [7, 11) is 0. The molecule has 0 aliphatic carbocycles. The van der Waals surface area contributed by atoms with Crippen LogP contribution in [-0.2, 0) is 0 Å². The predicted molar refractivity (Wildman–Crippen MR) is 212 cm³/mol. The molecule has 266 valence electrons. The van der Waals surface area contributed by atoms with Crippen molar-refractivity contribution < 1.29 is 8.78 Å². The molecule has 0 aliphatic heterocycles. The van der Waals surface area contributed by atoms with E-state index >= 15 is 0 Å². The third-order valence-corrected chi connectivity index (χ3v) is 9.48. The molecular weight excluding hydrogens is 705 g/mol. The summed E-state index contributed by atoms with van der Waals surface area (Å²) >= 11 is 0. The molecule has 5 aromatic carbocycles. The number of benzene rings is 5. The quantitative estimate of drug-likeness (QED) is 0.161. The molecule has 0 spiro atoms. The molecular formula is C45H27F2N9. The van der Waals surface area contributed by atoms with Gasteiger partial charge in [-0.15, -0.1) is 0 Å². The van der Waals surface area contributed by atoms with Crippen molar-refractivity contribution in [3.05, 3.63) is 176 Å². The van der Waals surface area contributed by atoms with Crippen LogP contribution in [0, 0.1) is 11.6 Å². The van der Waals surface area contributed by atoms with Crippen molar-refractivity contribution in [1.82, 2.24) is 44.0 Å². The second-order valence-electron chi connectivity index (χ2n) is 13.1. The average Bonchev–Trinajstić information content (AvgIpc) is 3.84. The van der Waals surface area contributed by atoms with Crippen LogP contribution >= 0.6 is 0 Å². The Labute approximate surface area is 318 Å². The van der Waals surface area contributed by atoms with E-state index in [1.165, 1.54) is 24.3 Å². The summed E-state index contributed by atoms with van der Waals surface area (Å²) in [5.41, 5.74) is 8.43.